The van der Waals surface area contributed by atoms with E-state index in [9.17, 15) is 13.5 Å². The van der Waals surface area contributed by atoms with Crippen LogP contribution in [0.15, 0.2) is 71.0 Å². The second-order valence-corrected chi connectivity index (χ2v) is 8.17. The van der Waals surface area contributed by atoms with Crippen LogP contribution in [0, 0.1) is 6.92 Å². The quantitative estimate of drug-likeness (QED) is 0.911. The highest BCUT2D eigenvalue weighted by Gasteiger charge is 2.39. The van der Waals surface area contributed by atoms with Crippen LogP contribution >= 0.6 is 0 Å². The van der Waals surface area contributed by atoms with Crippen molar-refractivity contribution < 1.29 is 18.3 Å². The van der Waals surface area contributed by atoms with Crippen molar-refractivity contribution in [2.75, 3.05) is 0 Å². The number of benzene rings is 2. The van der Waals surface area contributed by atoms with Crippen LogP contribution in [0.5, 0.6) is 0 Å². The Morgan fingerprint density at radius 1 is 1.00 bits per heavy atom. The summed E-state index contributed by atoms with van der Waals surface area (Å²) in [6, 6.07) is 16.1. The van der Waals surface area contributed by atoms with Crippen LogP contribution in [0.4, 0.5) is 0 Å². The molecule has 2 aromatic rings. The molecular weight excluding hydrogens is 324 g/mol. The molecule has 0 saturated carbocycles. The van der Waals surface area contributed by atoms with Crippen molar-refractivity contribution in [2.24, 2.45) is 0 Å². The Kier molecular flexibility index (Phi) is 4.37. The highest BCUT2D eigenvalue weighted by atomic mass is 32.2. The van der Waals surface area contributed by atoms with Gasteiger partial charge in [-0.1, -0.05) is 48.0 Å². The van der Waals surface area contributed by atoms with Gasteiger partial charge < -0.3 is 9.84 Å². The summed E-state index contributed by atoms with van der Waals surface area (Å²) in [6.07, 6.45) is -0.212. The van der Waals surface area contributed by atoms with Crippen molar-refractivity contribution in [1.82, 2.24) is 0 Å². The summed E-state index contributed by atoms with van der Waals surface area (Å²) in [5, 5.41) is 9.33. The fraction of sp³-hybridized carbons (Fsp3) is 0.263. The minimum Gasteiger partial charge on any atom is -0.507 e. The second-order valence-electron chi connectivity index (χ2n) is 6.04. The van der Waals surface area contributed by atoms with Crippen molar-refractivity contribution in [2.45, 2.75) is 36.5 Å². The number of aryl methyl sites for hydroxylation is 1. The van der Waals surface area contributed by atoms with E-state index in [2.05, 4.69) is 0 Å². The summed E-state index contributed by atoms with van der Waals surface area (Å²) >= 11 is 0. The highest BCUT2D eigenvalue weighted by molar-refractivity contribution is 7.92. The Morgan fingerprint density at radius 3 is 2.25 bits per heavy atom. The van der Waals surface area contributed by atoms with Crippen LogP contribution in [0.3, 0.4) is 0 Å². The predicted octanol–water partition coefficient (Wildman–Crippen LogP) is 4.09. The predicted molar refractivity (Wildman–Crippen MR) is 92.4 cm³/mol. The van der Waals surface area contributed by atoms with Gasteiger partial charge in [0.2, 0.25) is 0 Å². The summed E-state index contributed by atoms with van der Waals surface area (Å²) < 4.78 is 31.7. The Hall–Kier alpha value is -2.27. The average Bonchev–Trinajstić information content (AvgIpc) is 2.58. The minimum absolute atomic E-state index is 0.184. The molecule has 0 aromatic heterocycles. The number of rotatable bonds is 3. The zero-order valence-electron chi connectivity index (χ0n) is 13.6. The van der Waals surface area contributed by atoms with Gasteiger partial charge in [-0.25, -0.2) is 8.42 Å². The molecule has 0 bridgehead atoms. The van der Waals surface area contributed by atoms with E-state index in [0.29, 0.717) is 0 Å². The maximum atomic E-state index is 13.0. The van der Waals surface area contributed by atoms with E-state index in [4.69, 9.17) is 4.74 Å². The molecule has 0 saturated heterocycles. The maximum Gasteiger partial charge on any atom is 0.188 e. The Bertz CT molecular complexity index is 852. The first-order chi connectivity index (χ1) is 11.4. The number of allylic oxidation sites excluding steroid dienone is 1. The van der Waals surface area contributed by atoms with Gasteiger partial charge in [-0.3, -0.25) is 0 Å². The molecule has 4 nitrogen and oxygen atoms in total. The summed E-state index contributed by atoms with van der Waals surface area (Å²) in [5.41, 5.74) is 1.88. The molecule has 0 amide bonds. The van der Waals surface area contributed by atoms with Gasteiger partial charge in [0.15, 0.2) is 9.84 Å². The zero-order chi connectivity index (χ0) is 17.3. The molecule has 0 fully saturated rings. The second kappa shape index (κ2) is 6.32. The Morgan fingerprint density at radius 2 is 1.62 bits per heavy atom. The van der Waals surface area contributed by atoms with Crippen molar-refractivity contribution in [3.8, 4) is 0 Å². The number of aliphatic hydroxyl groups excluding tert-OH is 1. The van der Waals surface area contributed by atoms with Crippen molar-refractivity contribution in [1.29, 1.82) is 0 Å². The molecule has 24 heavy (non-hydrogen) atoms. The van der Waals surface area contributed by atoms with Crippen LogP contribution in [0.25, 0.3) is 0 Å². The van der Waals surface area contributed by atoms with Gasteiger partial charge in [0, 0.05) is 6.42 Å². The number of sulfone groups is 1. The smallest absolute Gasteiger partial charge is 0.188 e. The van der Waals surface area contributed by atoms with Gasteiger partial charge >= 0.3 is 0 Å². The molecule has 1 aliphatic rings. The molecule has 126 valence electrons. The normalized spacial score (nSPS) is 21.4. The Labute approximate surface area is 142 Å². The van der Waals surface area contributed by atoms with Gasteiger partial charge in [-0.2, -0.15) is 0 Å². The van der Waals surface area contributed by atoms with Crippen LogP contribution in [-0.4, -0.2) is 18.8 Å². The average molecular weight is 344 g/mol. The van der Waals surface area contributed by atoms with Crippen LogP contribution in [0.2, 0.25) is 0 Å². The van der Waals surface area contributed by atoms with Crippen molar-refractivity contribution in [3.63, 3.8) is 0 Å². The van der Waals surface area contributed by atoms with Gasteiger partial charge in [0.1, 0.15) is 22.9 Å². The van der Waals surface area contributed by atoms with Crippen LogP contribution in [0.1, 0.15) is 30.6 Å². The molecule has 0 aliphatic carbocycles. The molecule has 1 N–H and O–H groups in total. The number of hydrogen-bond donors (Lipinski definition) is 1. The highest BCUT2D eigenvalue weighted by Crippen LogP contribution is 2.38. The summed E-state index contributed by atoms with van der Waals surface area (Å²) in [4.78, 5) is 0.214. The standard InChI is InChI=1S/C19H20O4S/c1-13-8-10-16(11-9-13)24(21,22)18-12-17(23-14(2)19(18)20)15-6-4-3-5-7-15/h3-11,17-18,20H,12H2,1-2H3/t17-,18-/m0/s1. The number of hydrogen-bond acceptors (Lipinski definition) is 4. The lowest BCUT2D eigenvalue weighted by Crippen LogP contribution is -2.31. The largest absolute Gasteiger partial charge is 0.507 e. The summed E-state index contributed by atoms with van der Waals surface area (Å²) in [5.74, 6) is 0.0542. The van der Waals surface area contributed by atoms with Crippen LogP contribution < -0.4 is 0 Å². The monoisotopic (exact) mass is 344 g/mol. The van der Waals surface area contributed by atoms with Gasteiger partial charge in [0.05, 0.1) is 4.90 Å². The fourth-order valence-electron chi connectivity index (χ4n) is 2.89. The van der Waals surface area contributed by atoms with Gasteiger partial charge in [0.25, 0.3) is 0 Å². The first kappa shape index (κ1) is 16.6. The molecule has 2 atom stereocenters. The lowest BCUT2D eigenvalue weighted by atomic mass is 10.0. The summed E-state index contributed by atoms with van der Waals surface area (Å²) in [7, 11) is -3.69. The molecule has 3 rings (SSSR count). The number of aliphatic hydroxyl groups is 1. The molecule has 1 heterocycles. The topological polar surface area (TPSA) is 63.6 Å². The van der Waals surface area contributed by atoms with Crippen LogP contribution in [-0.2, 0) is 14.6 Å². The molecule has 1 aliphatic heterocycles. The lowest BCUT2D eigenvalue weighted by Gasteiger charge is -2.30. The maximum absolute atomic E-state index is 13.0. The third-order valence-electron chi connectivity index (χ3n) is 4.31. The molecule has 2 aromatic carbocycles. The van der Waals surface area contributed by atoms with E-state index in [1.807, 2.05) is 37.3 Å². The molecular formula is C19H20O4S. The van der Waals surface area contributed by atoms with Gasteiger partial charge in [-0.15, -0.1) is 0 Å². The first-order valence-electron chi connectivity index (χ1n) is 7.81. The van der Waals surface area contributed by atoms with Crippen molar-refractivity contribution >= 4 is 9.84 Å². The van der Waals surface area contributed by atoms with E-state index >= 15 is 0 Å². The van der Waals surface area contributed by atoms with E-state index in [1.54, 1.807) is 31.2 Å². The van der Waals surface area contributed by atoms with Gasteiger partial charge in [-0.05, 0) is 31.5 Å². The Balaban J connectivity index is 1.99. The van der Waals surface area contributed by atoms with E-state index in [1.165, 1.54) is 0 Å². The third kappa shape index (κ3) is 3.04. The van der Waals surface area contributed by atoms with E-state index in [-0.39, 0.29) is 22.8 Å². The lowest BCUT2D eigenvalue weighted by molar-refractivity contribution is 0.0742. The molecule has 5 heteroatoms. The fourth-order valence-corrected chi connectivity index (χ4v) is 4.62. The third-order valence-corrected chi connectivity index (χ3v) is 6.40. The molecule has 0 spiro atoms. The van der Waals surface area contributed by atoms with E-state index < -0.39 is 21.2 Å². The zero-order valence-corrected chi connectivity index (χ0v) is 14.5. The molecule has 0 radical (unpaired) electrons. The minimum atomic E-state index is -3.69. The van der Waals surface area contributed by atoms with Crippen molar-refractivity contribution in [3.05, 3.63) is 77.2 Å². The number of ether oxygens (including phenoxy) is 1. The first-order valence-corrected chi connectivity index (χ1v) is 9.36. The summed E-state index contributed by atoms with van der Waals surface area (Å²) in [6.45, 7) is 3.50. The van der Waals surface area contributed by atoms with E-state index in [0.717, 1.165) is 11.1 Å². The molecule has 0 unspecified atom stereocenters. The SMILES string of the molecule is CC1=C(O)[C@@H](S(=O)(=O)c2ccc(C)cc2)C[C@@H](c2ccccc2)O1.